The van der Waals surface area contributed by atoms with E-state index in [-0.39, 0.29) is 5.91 Å². The summed E-state index contributed by atoms with van der Waals surface area (Å²) in [7, 11) is 0. The molecular formula is C21H16ClNO. The molecule has 0 spiro atoms. The minimum atomic E-state index is -0.153. The molecule has 0 saturated carbocycles. The lowest BCUT2D eigenvalue weighted by Gasteiger charge is -2.05. The van der Waals surface area contributed by atoms with Gasteiger partial charge in [-0.1, -0.05) is 66.2 Å². The van der Waals surface area contributed by atoms with Gasteiger partial charge in [-0.3, -0.25) is 4.79 Å². The predicted molar refractivity (Wildman–Crippen MR) is 101 cm³/mol. The fraction of sp³-hybridized carbons (Fsp3) is 0. The number of hydrogen-bond acceptors (Lipinski definition) is 1. The Hall–Kier alpha value is -2.84. The molecule has 3 aromatic rings. The summed E-state index contributed by atoms with van der Waals surface area (Å²) in [6.07, 6.45) is 4.10. The molecule has 0 aliphatic heterocycles. The third-order valence-electron chi connectivity index (χ3n) is 3.54. The Kier molecular flexibility index (Phi) is 5.09. The molecule has 0 unspecified atom stereocenters. The van der Waals surface area contributed by atoms with E-state index in [0.29, 0.717) is 10.6 Å². The lowest BCUT2D eigenvalue weighted by Crippen LogP contribution is -2.11. The summed E-state index contributed by atoms with van der Waals surface area (Å²) in [5, 5.41) is 3.48. The number of benzene rings is 3. The van der Waals surface area contributed by atoms with Crippen LogP contribution in [0.1, 0.15) is 21.5 Å². The van der Waals surface area contributed by atoms with Crippen molar-refractivity contribution in [1.82, 2.24) is 0 Å². The first-order valence-electron chi connectivity index (χ1n) is 7.61. The Labute approximate surface area is 146 Å². The molecule has 2 nitrogen and oxygen atoms in total. The maximum Gasteiger partial charge on any atom is 0.255 e. The van der Waals surface area contributed by atoms with Gasteiger partial charge in [-0.25, -0.2) is 0 Å². The van der Waals surface area contributed by atoms with Crippen LogP contribution in [-0.2, 0) is 0 Å². The Balaban J connectivity index is 1.65. The topological polar surface area (TPSA) is 29.1 Å². The molecule has 0 aromatic heterocycles. The predicted octanol–water partition coefficient (Wildman–Crippen LogP) is 5.76. The molecule has 1 amide bonds. The monoisotopic (exact) mass is 333 g/mol. The summed E-state index contributed by atoms with van der Waals surface area (Å²) in [4.78, 5) is 12.2. The van der Waals surface area contributed by atoms with Gasteiger partial charge in [0.05, 0.1) is 0 Å². The van der Waals surface area contributed by atoms with Crippen molar-refractivity contribution in [2.75, 3.05) is 5.32 Å². The van der Waals surface area contributed by atoms with Crippen molar-refractivity contribution in [3.05, 3.63) is 101 Å². The number of halogens is 1. The second kappa shape index (κ2) is 7.62. The van der Waals surface area contributed by atoms with E-state index in [1.54, 1.807) is 24.3 Å². The van der Waals surface area contributed by atoms with Crippen LogP contribution in [0.2, 0.25) is 5.02 Å². The van der Waals surface area contributed by atoms with Gasteiger partial charge in [-0.05, 0) is 47.5 Å². The van der Waals surface area contributed by atoms with Crippen molar-refractivity contribution in [1.29, 1.82) is 0 Å². The first-order valence-corrected chi connectivity index (χ1v) is 7.99. The number of rotatable bonds is 4. The van der Waals surface area contributed by atoms with Crippen molar-refractivity contribution < 1.29 is 4.79 Å². The van der Waals surface area contributed by atoms with Gasteiger partial charge >= 0.3 is 0 Å². The number of nitrogens with one attached hydrogen (secondary N) is 1. The normalized spacial score (nSPS) is 10.7. The fourth-order valence-corrected chi connectivity index (χ4v) is 2.36. The molecule has 3 rings (SSSR count). The molecule has 0 bridgehead atoms. The van der Waals surface area contributed by atoms with Crippen LogP contribution in [0.5, 0.6) is 0 Å². The smallest absolute Gasteiger partial charge is 0.255 e. The van der Waals surface area contributed by atoms with Gasteiger partial charge in [0, 0.05) is 16.3 Å². The zero-order valence-corrected chi connectivity index (χ0v) is 13.7. The fourth-order valence-electron chi connectivity index (χ4n) is 2.24. The second-order valence-corrected chi connectivity index (χ2v) is 5.76. The van der Waals surface area contributed by atoms with E-state index < -0.39 is 0 Å². The van der Waals surface area contributed by atoms with E-state index in [2.05, 4.69) is 23.5 Å². The maximum absolute atomic E-state index is 12.2. The summed E-state index contributed by atoms with van der Waals surface area (Å²) in [6, 6.07) is 24.6. The highest BCUT2D eigenvalue weighted by atomic mass is 35.5. The van der Waals surface area contributed by atoms with Crippen LogP contribution in [0.3, 0.4) is 0 Å². The number of anilines is 1. The van der Waals surface area contributed by atoms with Crippen molar-refractivity contribution in [2.45, 2.75) is 0 Å². The minimum Gasteiger partial charge on any atom is -0.322 e. The average molecular weight is 334 g/mol. The van der Waals surface area contributed by atoms with Crippen LogP contribution < -0.4 is 5.32 Å². The zero-order valence-electron chi connectivity index (χ0n) is 12.9. The van der Waals surface area contributed by atoms with Gasteiger partial charge in [0.1, 0.15) is 0 Å². The van der Waals surface area contributed by atoms with Gasteiger partial charge in [-0.2, -0.15) is 0 Å². The van der Waals surface area contributed by atoms with E-state index in [1.807, 2.05) is 48.5 Å². The highest BCUT2D eigenvalue weighted by molar-refractivity contribution is 6.30. The summed E-state index contributed by atoms with van der Waals surface area (Å²) in [5.74, 6) is -0.153. The van der Waals surface area contributed by atoms with Gasteiger partial charge in [0.15, 0.2) is 0 Å². The Morgan fingerprint density at radius 3 is 1.96 bits per heavy atom. The number of hydrogen-bond donors (Lipinski definition) is 1. The molecule has 24 heavy (non-hydrogen) atoms. The van der Waals surface area contributed by atoms with Crippen LogP contribution in [0, 0.1) is 0 Å². The Morgan fingerprint density at radius 1 is 0.750 bits per heavy atom. The maximum atomic E-state index is 12.2. The highest BCUT2D eigenvalue weighted by Gasteiger charge is 2.05. The molecule has 0 saturated heterocycles. The van der Waals surface area contributed by atoms with E-state index in [0.717, 1.165) is 16.8 Å². The van der Waals surface area contributed by atoms with Crippen LogP contribution in [0.25, 0.3) is 12.2 Å². The molecule has 118 valence electrons. The van der Waals surface area contributed by atoms with E-state index in [1.165, 1.54) is 0 Å². The van der Waals surface area contributed by atoms with Crippen LogP contribution in [-0.4, -0.2) is 5.91 Å². The SMILES string of the molecule is O=C(Nc1ccc(C=Cc2ccccc2)cc1)c1ccc(Cl)cc1. The van der Waals surface area contributed by atoms with Gasteiger partial charge in [0.2, 0.25) is 0 Å². The first kappa shape index (κ1) is 16.0. The molecule has 0 aliphatic rings. The molecule has 1 N–H and O–H groups in total. The highest BCUT2D eigenvalue weighted by Crippen LogP contribution is 2.15. The summed E-state index contributed by atoms with van der Waals surface area (Å²) < 4.78 is 0. The van der Waals surface area contributed by atoms with Crippen molar-refractivity contribution in [3.63, 3.8) is 0 Å². The molecule has 0 aliphatic carbocycles. The Bertz CT molecular complexity index is 837. The summed E-state index contributed by atoms with van der Waals surface area (Å²) in [5.41, 5.74) is 3.56. The largest absolute Gasteiger partial charge is 0.322 e. The number of carbonyl (C=O) groups excluding carboxylic acids is 1. The number of amides is 1. The second-order valence-electron chi connectivity index (χ2n) is 5.33. The summed E-state index contributed by atoms with van der Waals surface area (Å²) in [6.45, 7) is 0. The van der Waals surface area contributed by atoms with Crippen molar-refractivity contribution >= 4 is 35.3 Å². The lowest BCUT2D eigenvalue weighted by molar-refractivity contribution is 0.102. The molecule has 3 aromatic carbocycles. The van der Waals surface area contributed by atoms with E-state index in [4.69, 9.17) is 11.6 Å². The standard InChI is InChI=1S/C21H16ClNO/c22-19-12-10-18(11-13-19)21(24)23-20-14-8-17(9-15-20)7-6-16-4-2-1-3-5-16/h1-15H,(H,23,24). The Morgan fingerprint density at radius 2 is 1.33 bits per heavy atom. The van der Waals surface area contributed by atoms with Crippen molar-refractivity contribution in [2.24, 2.45) is 0 Å². The molecular weight excluding hydrogens is 318 g/mol. The van der Waals surface area contributed by atoms with Crippen LogP contribution in [0.15, 0.2) is 78.9 Å². The molecule has 0 radical (unpaired) electrons. The molecule has 0 heterocycles. The van der Waals surface area contributed by atoms with Gasteiger partial charge < -0.3 is 5.32 Å². The zero-order chi connectivity index (χ0) is 16.8. The average Bonchev–Trinajstić information content (AvgIpc) is 2.62. The summed E-state index contributed by atoms with van der Waals surface area (Å²) >= 11 is 5.83. The third kappa shape index (κ3) is 4.34. The van der Waals surface area contributed by atoms with Crippen LogP contribution >= 0.6 is 11.6 Å². The lowest BCUT2D eigenvalue weighted by atomic mass is 10.1. The molecule has 0 atom stereocenters. The molecule has 3 heteroatoms. The quantitative estimate of drug-likeness (QED) is 0.604. The molecule has 0 fully saturated rings. The third-order valence-corrected chi connectivity index (χ3v) is 3.79. The van der Waals surface area contributed by atoms with Crippen LogP contribution in [0.4, 0.5) is 5.69 Å². The van der Waals surface area contributed by atoms with Gasteiger partial charge in [-0.15, -0.1) is 0 Å². The minimum absolute atomic E-state index is 0.153. The first-order chi connectivity index (χ1) is 11.7. The van der Waals surface area contributed by atoms with E-state index >= 15 is 0 Å². The number of carbonyl (C=O) groups is 1. The van der Waals surface area contributed by atoms with Crippen molar-refractivity contribution in [3.8, 4) is 0 Å². The van der Waals surface area contributed by atoms with Gasteiger partial charge in [0.25, 0.3) is 5.91 Å². The van der Waals surface area contributed by atoms with E-state index in [9.17, 15) is 4.79 Å².